The molecule has 0 amide bonds. The molecule has 0 aliphatic rings. The molecule has 3 aromatic carbocycles. The van der Waals surface area contributed by atoms with Gasteiger partial charge >= 0.3 is 0 Å². The van der Waals surface area contributed by atoms with Crippen molar-refractivity contribution in [3.63, 3.8) is 0 Å². The first-order valence-electron chi connectivity index (χ1n) is 11.2. The van der Waals surface area contributed by atoms with Gasteiger partial charge in [-0.15, -0.1) is 5.10 Å². The Bertz CT molecular complexity index is 1450. The molecule has 0 fully saturated rings. The van der Waals surface area contributed by atoms with Gasteiger partial charge in [-0.2, -0.15) is 4.68 Å². The molecule has 34 heavy (non-hydrogen) atoms. The number of hydrogen-bond donors (Lipinski definition) is 0. The minimum atomic E-state index is -0.122. The number of para-hydroxylation sites is 2. The lowest BCUT2D eigenvalue weighted by atomic mass is 10.1. The van der Waals surface area contributed by atoms with E-state index in [1.807, 2.05) is 79.7 Å². The van der Waals surface area contributed by atoms with E-state index in [1.54, 1.807) is 9.25 Å². The highest BCUT2D eigenvalue weighted by Gasteiger charge is 2.21. The van der Waals surface area contributed by atoms with E-state index in [0.717, 1.165) is 18.5 Å². The van der Waals surface area contributed by atoms with Gasteiger partial charge in [0.1, 0.15) is 0 Å². The lowest BCUT2D eigenvalue weighted by Gasteiger charge is -2.16. The van der Waals surface area contributed by atoms with Gasteiger partial charge in [0.05, 0.1) is 21.8 Å². The largest absolute Gasteiger partial charge is 0.287 e. The van der Waals surface area contributed by atoms with Crippen molar-refractivity contribution in [3.05, 3.63) is 107 Å². The van der Waals surface area contributed by atoms with E-state index in [0.29, 0.717) is 28.4 Å². The smallest absolute Gasteiger partial charge is 0.262 e. The number of hydrogen-bond acceptors (Lipinski definition) is 6. The Morgan fingerprint density at radius 2 is 1.62 bits per heavy atom. The van der Waals surface area contributed by atoms with Crippen molar-refractivity contribution in [1.29, 1.82) is 0 Å². The zero-order chi connectivity index (χ0) is 23.3. The summed E-state index contributed by atoms with van der Waals surface area (Å²) in [5.41, 5.74) is 2.83. The molecule has 5 rings (SSSR count). The number of tetrazole rings is 1. The summed E-state index contributed by atoms with van der Waals surface area (Å²) in [6.07, 6.45) is 1.74. The van der Waals surface area contributed by atoms with E-state index in [4.69, 9.17) is 4.98 Å². The maximum atomic E-state index is 13.4. The van der Waals surface area contributed by atoms with Gasteiger partial charge in [-0.25, -0.2) is 4.98 Å². The lowest BCUT2D eigenvalue weighted by Crippen LogP contribution is -2.24. The van der Waals surface area contributed by atoms with Gasteiger partial charge in [0.2, 0.25) is 0 Å². The van der Waals surface area contributed by atoms with Crippen LogP contribution in [-0.4, -0.2) is 29.8 Å². The van der Waals surface area contributed by atoms with Crippen molar-refractivity contribution < 1.29 is 0 Å². The van der Waals surface area contributed by atoms with Gasteiger partial charge < -0.3 is 0 Å². The summed E-state index contributed by atoms with van der Waals surface area (Å²) < 4.78 is 3.53. The first kappa shape index (κ1) is 22.0. The van der Waals surface area contributed by atoms with Crippen LogP contribution in [0.3, 0.4) is 0 Å². The third-order valence-electron chi connectivity index (χ3n) is 5.66. The Kier molecular flexibility index (Phi) is 6.49. The van der Waals surface area contributed by atoms with E-state index in [-0.39, 0.29) is 10.8 Å². The van der Waals surface area contributed by atoms with E-state index in [9.17, 15) is 4.79 Å². The Labute approximate surface area is 201 Å². The molecule has 1 unspecified atom stereocenters. The second-order valence-electron chi connectivity index (χ2n) is 8.00. The number of benzene rings is 3. The Hall–Kier alpha value is -3.78. The van der Waals surface area contributed by atoms with Crippen molar-refractivity contribution >= 4 is 22.7 Å². The third kappa shape index (κ3) is 4.63. The molecule has 7 nitrogen and oxygen atoms in total. The summed E-state index contributed by atoms with van der Waals surface area (Å²) >= 11 is 1.50. The minimum Gasteiger partial charge on any atom is -0.287 e. The number of nitrogens with zero attached hydrogens (tertiary/aromatic N) is 6. The molecule has 0 N–H and O–H groups in total. The van der Waals surface area contributed by atoms with Gasteiger partial charge in [0.15, 0.2) is 11.0 Å². The molecule has 0 saturated carbocycles. The molecule has 8 heteroatoms. The second kappa shape index (κ2) is 10.0. The summed E-state index contributed by atoms with van der Waals surface area (Å²) in [5.74, 6) is 0.703. The van der Waals surface area contributed by atoms with E-state index in [2.05, 4.69) is 27.7 Å². The zero-order valence-corrected chi connectivity index (χ0v) is 19.6. The molecule has 0 aliphatic carbocycles. The Morgan fingerprint density at radius 1 is 0.912 bits per heavy atom. The number of aromatic nitrogens is 6. The van der Waals surface area contributed by atoms with Crippen molar-refractivity contribution in [2.75, 3.05) is 0 Å². The fourth-order valence-electron chi connectivity index (χ4n) is 3.93. The molecule has 170 valence electrons. The summed E-state index contributed by atoms with van der Waals surface area (Å²) in [6.45, 7) is 2.62. The first-order valence-corrected chi connectivity index (χ1v) is 12.1. The average molecular weight is 469 g/mol. The van der Waals surface area contributed by atoms with Crippen molar-refractivity contribution in [1.82, 2.24) is 29.8 Å². The summed E-state index contributed by atoms with van der Waals surface area (Å²) in [5, 5.41) is 13.5. The predicted octanol–water partition coefficient (Wildman–Crippen LogP) is 4.86. The second-order valence-corrected chi connectivity index (χ2v) is 9.31. The van der Waals surface area contributed by atoms with Gasteiger partial charge in [0, 0.05) is 6.54 Å². The molecular formula is C26H24N6OS. The van der Waals surface area contributed by atoms with Crippen LogP contribution >= 0.6 is 11.8 Å². The standard InChI is InChI=1S/C26H24N6OS/c1-19(24-28-29-30-32(24)21-14-6-3-7-15-21)34-26-27-23-17-9-8-16-22(23)25(33)31(26)18-10-13-20-11-4-2-5-12-20/h2-9,11-12,14-17,19H,10,13,18H2,1H3. The topological polar surface area (TPSA) is 78.5 Å². The SMILES string of the molecule is CC(Sc1nc2ccccc2c(=O)n1CCCc1ccccc1)c1nnnn1-c1ccccc1. The van der Waals surface area contributed by atoms with Crippen molar-refractivity contribution in [2.24, 2.45) is 0 Å². The zero-order valence-electron chi connectivity index (χ0n) is 18.8. The lowest BCUT2D eigenvalue weighted by molar-refractivity contribution is 0.563. The van der Waals surface area contributed by atoms with Crippen LogP contribution in [0.25, 0.3) is 16.6 Å². The van der Waals surface area contributed by atoms with E-state index >= 15 is 0 Å². The summed E-state index contributed by atoms with van der Waals surface area (Å²) in [6, 6.07) is 27.6. The quantitative estimate of drug-likeness (QED) is 0.239. The van der Waals surface area contributed by atoms with E-state index < -0.39 is 0 Å². The van der Waals surface area contributed by atoms with Gasteiger partial charge in [-0.1, -0.05) is 72.4 Å². The van der Waals surface area contributed by atoms with Crippen LogP contribution in [0.1, 0.15) is 30.0 Å². The molecule has 0 spiro atoms. The van der Waals surface area contributed by atoms with Crippen molar-refractivity contribution in [2.45, 2.75) is 36.7 Å². The monoisotopic (exact) mass is 468 g/mol. The maximum absolute atomic E-state index is 13.4. The highest BCUT2D eigenvalue weighted by molar-refractivity contribution is 7.99. The molecule has 0 aliphatic heterocycles. The van der Waals surface area contributed by atoms with Gasteiger partial charge in [-0.3, -0.25) is 9.36 Å². The van der Waals surface area contributed by atoms with Crippen LogP contribution in [-0.2, 0) is 13.0 Å². The number of aryl methyl sites for hydroxylation is 1. The molecule has 0 radical (unpaired) electrons. The Morgan fingerprint density at radius 3 is 2.41 bits per heavy atom. The van der Waals surface area contributed by atoms with Crippen LogP contribution in [0.4, 0.5) is 0 Å². The average Bonchev–Trinajstić information content (AvgIpc) is 3.37. The number of rotatable bonds is 8. The normalized spacial score (nSPS) is 12.1. The van der Waals surface area contributed by atoms with Gasteiger partial charge in [0.25, 0.3) is 5.56 Å². The maximum Gasteiger partial charge on any atom is 0.262 e. The molecule has 2 aromatic heterocycles. The van der Waals surface area contributed by atoms with Crippen LogP contribution in [0.15, 0.2) is 94.9 Å². The van der Waals surface area contributed by atoms with Crippen molar-refractivity contribution in [3.8, 4) is 5.69 Å². The van der Waals surface area contributed by atoms with Crippen LogP contribution < -0.4 is 5.56 Å². The predicted molar refractivity (Wildman–Crippen MR) is 134 cm³/mol. The van der Waals surface area contributed by atoms with Crippen LogP contribution in [0, 0.1) is 0 Å². The Balaban J connectivity index is 1.46. The third-order valence-corrected chi connectivity index (χ3v) is 6.74. The first-order chi connectivity index (χ1) is 16.7. The highest BCUT2D eigenvalue weighted by Crippen LogP contribution is 2.33. The molecule has 1 atom stereocenters. The summed E-state index contributed by atoms with van der Waals surface area (Å²) in [4.78, 5) is 18.3. The molecular weight excluding hydrogens is 444 g/mol. The fraction of sp³-hybridized carbons (Fsp3) is 0.192. The molecule has 0 saturated heterocycles. The van der Waals surface area contributed by atoms with Crippen LogP contribution in [0.5, 0.6) is 0 Å². The molecule has 5 aromatic rings. The van der Waals surface area contributed by atoms with E-state index in [1.165, 1.54) is 17.3 Å². The number of fused-ring (bicyclic) bond motifs is 1. The molecule has 2 heterocycles. The highest BCUT2D eigenvalue weighted by atomic mass is 32.2. The minimum absolute atomic E-state index is 0.0176. The summed E-state index contributed by atoms with van der Waals surface area (Å²) in [7, 11) is 0. The number of thioether (sulfide) groups is 1. The fourth-order valence-corrected chi connectivity index (χ4v) is 4.95. The van der Waals surface area contributed by atoms with Gasteiger partial charge in [-0.05, 0) is 60.0 Å². The molecule has 0 bridgehead atoms. The van der Waals surface area contributed by atoms with Crippen LogP contribution in [0.2, 0.25) is 0 Å².